The quantitative estimate of drug-likeness (QED) is 0.644. The van der Waals surface area contributed by atoms with Crippen molar-refractivity contribution in [2.75, 3.05) is 51.3 Å². The molecule has 30 heavy (non-hydrogen) atoms. The fourth-order valence-corrected chi connectivity index (χ4v) is 4.45. The van der Waals surface area contributed by atoms with Crippen molar-refractivity contribution in [3.05, 3.63) is 53.6 Å². The molecule has 9 heteroatoms. The van der Waals surface area contributed by atoms with Gasteiger partial charge in [-0.15, -0.1) is 0 Å². The molecule has 0 radical (unpaired) electrons. The molecule has 2 aromatic carbocycles. The van der Waals surface area contributed by atoms with Crippen LogP contribution < -0.4 is 9.62 Å². The first-order chi connectivity index (χ1) is 14.3. The molecule has 1 fully saturated rings. The summed E-state index contributed by atoms with van der Waals surface area (Å²) in [6.45, 7) is 4.34. The lowest BCUT2D eigenvalue weighted by atomic mass is 10.1. The van der Waals surface area contributed by atoms with E-state index in [0.29, 0.717) is 31.7 Å². The minimum Gasteiger partial charge on any atom is -0.506 e. The summed E-state index contributed by atoms with van der Waals surface area (Å²) in [7, 11) is -2.23. The van der Waals surface area contributed by atoms with Gasteiger partial charge in [-0.25, -0.2) is 13.1 Å². The topological polar surface area (TPSA) is 99.2 Å². The van der Waals surface area contributed by atoms with Crippen molar-refractivity contribution >= 4 is 21.6 Å². The summed E-state index contributed by atoms with van der Waals surface area (Å²) < 4.78 is 32.3. The third-order valence-electron chi connectivity index (χ3n) is 5.14. The van der Waals surface area contributed by atoms with Gasteiger partial charge in [-0.3, -0.25) is 4.79 Å². The fourth-order valence-electron chi connectivity index (χ4n) is 3.41. The number of methoxy groups -OCH3 is 1. The lowest BCUT2D eigenvalue weighted by Gasteiger charge is -2.36. The van der Waals surface area contributed by atoms with E-state index in [2.05, 4.69) is 4.72 Å². The van der Waals surface area contributed by atoms with E-state index in [4.69, 9.17) is 4.74 Å². The van der Waals surface area contributed by atoms with Crippen LogP contribution in [0.5, 0.6) is 5.75 Å². The summed E-state index contributed by atoms with van der Waals surface area (Å²) in [5.74, 6) is 0.0189. The van der Waals surface area contributed by atoms with Crippen molar-refractivity contribution < 1.29 is 23.1 Å². The van der Waals surface area contributed by atoms with Gasteiger partial charge in [0, 0.05) is 45.4 Å². The molecule has 162 valence electrons. The number of hydrogen-bond donors (Lipinski definition) is 2. The van der Waals surface area contributed by atoms with Gasteiger partial charge in [0.15, 0.2) is 0 Å². The van der Waals surface area contributed by atoms with Crippen LogP contribution in [0.25, 0.3) is 0 Å². The lowest BCUT2D eigenvalue weighted by Crippen LogP contribution is -2.49. The number of hydrogen-bond acceptors (Lipinski definition) is 6. The number of para-hydroxylation sites is 2. The van der Waals surface area contributed by atoms with Crippen LogP contribution in [-0.2, 0) is 14.8 Å². The molecule has 1 heterocycles. The van der Waals surface area contributed by atoms with E-state index in [9.17, 15) is 18.3 Å². The first-order valence-electron chi connectivity index (χ1n) is 9.75. The van der Waals surface area contributed by atoms with E-state index in [1.54, 1.807) is 30.0 Å². The number of phenols is 1. The van der Waals surface area contributed by atoms with E-state index in [0.717, 1.165) is 11.3 Å². The molecule has 1 aliphatic heterocycles. The second kappa shape index (κ2) is 9.46. The largest absolute Gasteiger partial charge is 0.506 e. The molecule has 8 nitrogen and oxygen atoms in total. The third kappa shape index (κ3) is 4.92. The van der Waals surface area contributed by atoms with Gasteiger partial charge in [0.2, 0.25) is 10.0 Å². The van der Waals surface area contributed by atoms with Crippen molar-refractivity contribution in [2.45, 2.75) is 11.8 Å². The Morgan fingerprint density at radius 2 is 1.83 bits per heavy atom. The molecule has 2 N–H and O–H groups in total. The van der Waals surface area contributed by atoms with Gasteiger partial charge in [0.1, 0.15) is 5.75 Å². The number of amides is 1. The van der Waals surface area contributed by atoms with E-state index >= 15 is 0 Å². The smallest absolute Gasteiger partial charge is 0.254 e. The Morgan fingerprint density at radius 3 is 2.50 bits per heavy atom. The number of ether oxygens (including phenoxy) is 1. The van der Waals surface area contributed by atoms with Crippen LogP contribution in [0.1, 0.15) is 15.9 Å². The maximum Gasteiger partial charge on any atom is 0.254 e. The number of benzene rings is 2. The van der Waals surface area contributed by atoms with Crippen LogP contribution in [-0.4, -0.2) is 70.8 Å². The minimum absolute atomic E-state index is 0.0559. The highest BCUT2D eigenvalue weighted by Crippen LogP contribution is 2.27. The Hall–Kier alpha value is -2.62. The van der Waals surface area contributed by atoms with Gasteiger partial charge in [-0.1, -0.05) is 18.2 Å². The summed E-state index contributed by atoms with van der Waals surface area (Å²) in [6, 6.07) is 11.7. The van der Waals surface area contributed by atoms with Crippen molar-refractivity contribution in [1.29, 1.82) is 0 Å². The molecule has 0 spiro atoms. The molecule has 1 saturated heterocycles. The first-order valence-corrected chi connectivity index (χ1v) is 11.2. The van der Waals surface area contributed by atoms with Crippen LogP contribution >= 0.6 is 0 Å². The van der Waals surface area contributed by atoms with Crippen LogP contribution in [0.3, 0.4) is 0 Å². The Balaban J connectivity index is 1.72. The number of aryl methyl sites for hydroxylation is 1. The summed E-state index contributed by atoms with van der Waals surface area (Å²) in [6.07, 6.45) is 0. The second-order valence-electron chi connectivity index (χ2n) is 7.14. The maximum atomic E-state index is 13.1. The lowest BCUT2D eigenvalue weighted by molar-refractivity contribution is 0.0745. The molecule has 1 aliphatic rings. The average Bonchev–Trinajstić information content (AvgIpc) is 2.74. The molecule has 0 aliphatic carbocycles. The van der Waals surface area contributed by atoms with Crippen molar-refractivity contribution in [2.24, 2.45) is 0 Å². The van der Waals surface area contributed by atoms with Gasteiger partial charge in [0.05, 0.1) is 17.2 Å². The number of rotatable bonds is 7. The Kier molecular flexibility index (Phi) is 6.96. The van der Waals surface area contributed by atoms with E-state index in [-0.39, 0.29) is 29.7 Å². The van der Waals surface area contributed by atoms with E-state index in [1.807, 2.05) is 17.0 Å². The third-order valence-corrected chi connectivity index (χ3v) is 6.60. The summed E-state index contributed by atoms with van der Waals surface area (Å²) in [5.41, 5.74) is 1.84. The SMILES string of the molecule is COCCNS(=O)(=O)c1ccc(C)c(C(=O)N2CCN(c3ccccc3O)CC2)c1. The highest BCUT2D eigenvalue weighted by atomic mass is 32.2. The van der Waals surface area contributed by atoms with Crippen LogP contribution in [0, 0.1) is 6.92 Å². The second-order valence-corrected chi connectivity index (χ2v) is 8.90. The standard InChI is InChI=1S/C21H27N3O5S/c1-16-7-8-17(30(27,28)22-9-14-29-2)15-18(16)21(26)24-12-10-23(11-13-24)19-5-3-4-6-20(19)25/h3-8,15,22,25H,9-14H2,1-2H3. The molecule has 0 atom stereocenters. The minimum atomic E-state index is -3.72. The number of nitrogens with one attached hydrogen (secondary N) is 1. The number of phenolic OH excluding ortho intramolecular Hbond substituents is 1. The number of aromatic hydroxyl groups is 1. The summed E-state index contributed by atoms with van der Waals surface area (Å²) in [5, 5.41) is 10.0. The molecule has 1 amide bonds. The molecule has 0 unspecified atom stereocenters. The summed E-state index contributed by atoms with van der Waals surface area (Å²) >= 11 is 0. The Bertz CT molecular complexity index is 1000. The van der Waals surface area contributed by atoms with Crippen LogP contribution in [0.2, 0.25) is 0 Å². The highest BCUT2D eigenvalue weighted by Gasteiger charge is 2.25. The molecule has 3 rings (SSSR count). The van der Waals surface area contributed by atoms with Crippen LogP contribution in [0.15, 0.2) is 47.4 Å². The van der Waals surface area contributed by atoms with Crippen molar-refractivity contribution in [1.82, 2.24) is 9.62 Å². The number of piperazine rings is 1. The first kappa shape index (κ1) is 22.1. The zero-order valence-electron chi connectivity index (χ0n) is 17.2. The number of carbonyl (C=O) groups excluding carboxylic acids is 1. The Labute approximate surface area is 177 Å². The van der Waals surface area contributed by atoms with E-state index < -0.39 is 10.0 Å². The van der Waals surface area contributed by atoms with Crippen molar-refractivity contribution in [3.8, 4) is 5.75 Å². The van der Waals surface area contributed by atoms with Gasteiger partial charge in [-0.05, 0) is 36.8 Å². The monoisotopic (exact) mass is 433 g/mol. The Morgan fingerprint density at radius 1 is 1.13 bits per heavy atom. The van der Waals surface area contributed by atoms with Crippen molar-refractivity contribution in [3.63, 3.8) is 0 Å². The number of carbonyl (C=O) groups is 1. The zero-order valence-corrected chi connectivity index (χ0v) is 18.0. The predicted molar refractivity (Wildman–Crippen MR) is 114 cm³/mol. The maximum absolute atomic E-state index is 13.1. The van der Waals surface area contributed by atoms with E-state index in [1.165, 1.54) is 19.2 Å². The number of anilines is 1. The highest BCUT2D eigenvalue weighted by molar-refractivity contribution is 7.89. The molecular weight excluding hydrogens is 406 g/mol. The molecular formula is C21H27N3O5S. The molecule has 0 bridgehead atoms. The van der Waals surface area contributed by atoms with Gasteiger partial charge < -0.3 is 19.6 Å². The van der Waals surface area contributed by atoms with Crippen LogP contribution in [0.4, 0.5) is 5.69 Å². The molecule has 0 aromatic heterocycles. The average molecular weight is 434 g/mol. The van der Waals surface area contributed by atoms with Gasteiger partial charge in [0.25, 0.3) is 5.91 Å². The fraction of sp³-hybridized carbons (Fsp3) is 0.381. The predicted octanol–water partition coefficient (Wildman–Crippen LogP) is 1.59. The molecule has 2 aromatic rings. The van der Waals surface area contributed by atoms with Gasteiger partial charge >= 0.3 is 0 Å². The molecule has 0 saturated carbocycles. The number of sulfonamides is 1. The zero-order chi connectivity index (χ0) is 21.7. The van der Waals surface area contributed by atoms with Gasteiger partial charge in [-0.2, -0.15) is 0 Å². The normalized spacial score (nSPS) is 14.7. The number of nitrogens with zero attached hydrogens (tertiary/aromatic N) is 2. The summed E-state index contributed by atoms with van der Waals surface area (Å²) in [4.78, 5) is 16.9.